The Morgan fingerprint density at radius 3 is 3.00 bits per heavy atom. The van der Waals surface area contributed by atoms with Crippen LogP contribution in [0.15, 0.2) is 34.9 Å². The van der Waals surface area contributed by atoms with Crippen molar-refractivity contribution in [1.29, 1.82) is 0 Å². The first-order valence-electron chi connectivity index (χ1n) is 7.19. The molecule has 1 saturated carbocycles. The number of benzene rings is 1. The largest absolute Gasteiger partial charge is 0.439 e. The Balaban J connectivity index is 1.62. The van der Waals surface area contributed by atoms with E-state index in [1.807, 2.05) is 11.9 Å². The van der Waals surface area contributed by atoms with Gasteiger partial charge >= 0.3 is 0 Å². The lowest BCUT2D eigenvalue weighted by atomic mass is 10.2. The molecule has 1 aliphatic carbocycles. The Hall–Kier alpha value is -1.72. The van der Waals surface area contributed by atoms with Crippen LogP contribution >= 0.6 is 0 Å². The minimum atomic E-state index is -0.296. The maximum atomic E-state index is 13.2. The number of hydrogen-bond acceptors (Lipinski definition) is 4. The quantitative estimate of drug-likeness (QED) is 0.888. The van der Waals surface area contributed by atoms with Gasteiger partial charge < -0.3 is 9.52 Å². The van der Waals surface area contributed by atoms with Crippen LogP contribution in [0.25, 0.3) is 11.3 Å². The molecule has 0 radical (unpaired) electrons. The molecule has 0 amide bonds. The van der Waals surface area contributed by atoms with Crippen LogP contribution in [-0.4, -0.2) is 34.7 Å². The minimum absolute atomic E-state index is 0.271. The maximum Gasteiger partial charge on any atom is 0.209 e. The van der Waals surface area contributed by atoms with Crippen molar-refractivity contribution in [3.63, 3.8) is 0 Å². The van der Waals surface area contributed by atoms with Gasteiger partial charge in [0, 0.05) is 12.1 Å². The predicted octanol–water partition coefficient (Wildman–Crippen LogP) is 2.68. The molecule has 1 heterocycles. The van der Waals surface area contributed by atoms with Gasteiger partial charge in [0.1, 0.15) is 5.82 Å². The van der Waals surface area contributed by atoms with Crippen LogP contribution in [0.4, 0.5) is 4.39 Å². The Kier molecular flexibility index (Phi) is 4.03. The van der Waals surface area contributed by atoms with E-state index in [-0.39, 0.29) is 11.9 Å². The van der Waals surface area contributed by atoms with E-state index < -0.39 is 0 Å². The second kappa shape index (κ2) is 5.95. The molecule has 1 aromatic heterocycles. The van der Waals surface area contributed by atoms with E-state index >= 15 is 0 Å². The fraction of sp³-hybridized carbons (Fsp3) is 0.438. The summed E-state index contributed by atoms with van der Waals surface area (Å²) in [7, 11) is 1.93. The zero-order valence-electron chi connectivity index (χ0n) is 12.0. The van der Waals surface area contributed by atoms with Crippen LogP contribution in [0.2, 0.25) is 0 Å². The standard InChI is InChI=1S/C16H19FN2O2/c1-19(9-14(20)11-5-6-11)10-16-18-8-15(21-16)12-3-2-4-13(17)7-12/h2-4,7-8,11,14,20H,5-6,9-10H2,1H3. The normalized spacial score (nSPS) is 16.4. The second-order valence-corrected chi connectivity index (χ2v) is 5.73. The number of hydrogen-bond donors (Lipinski definition) is 1. The van der Waals surface area contributed by atoms with Crippen molar-refractivity contribution in [3.05, 3.63) is 42.2 Å². The molecule has 3 rings (SSSR count). The number of likely N-dealkylation sites (N-methyl/N-ethyl adjacent to an activating group) is 1. The number of aliphatic hydroxyl groups is 1. The van der Waals surface area contributed by atoms with Crippen LogP contribution < -0.4 is 0 Å². The molecule has 0 saturated heterocycles. The summed E-state index contributed by atoms with van der Waals surface area (Å²) in [5, 5.41) is 9.92. The lowest BCUT2D eigenvalue weighted by molar-refractivity contribution is 0.100. The molecule has 0 spiro atoms. The molecule has 1 fully saturated rings. The van der Waals surface area contributed by atoms with Crippen molar-refractivity contribution in [3.8, 4) is 11.3 Å². The maximum absolute atomic E-state index is 13.2. The molecule has 112 valence electrons. The van der Waals surface area contributed by atoms with Crippen LogP contribution in [-0.2, 0) is 6.54 Å². The number of oxazole rings is 1. The third-order valence-corrected chi connectivity index (χ3v) is 3.73. The van der Waals surface area contributed by atoms with Gasteiger partial charge in [0.05, 0.1) is 18.8 Å². The van der Waals surface area contributed by atoms with E-state index in [1.165, 1.54) is 12.1 Å². The smallest absolute Gasteiger partial charge is 0.209 e. The van der Waals surface area contributed by atoms with E-state index in [9.17, 15) is 9.50 Å². The molecular weight excluding hydrogens is 271 g/mol. The molecule has 1 N–H and O–H groups in total. The highest BCUT2D eigenvalue weighted by Gasteiger charge is 2.30. The van der Waals surface area contributed by atoms with Gasteiger partial charge in [0.2, 0.25) is 5.89 Å². The molecule has 1 aromatic carbocycles. The van der Waals surface area contributed by atoms with Crippen molar-refractivity contribution in [2.45, 2.75) is 25.5 Å². The van der Waals surface area contributed by atoms with Gasteiger partial charge in [0.25, 0.3) is 0 Å². The molecule has 4 nitrogen and oxygen atoms in total. The number of aromatic nitrogens is 1. The van der Waals surface area contributed by atoms with Crippen molar-refractivity contribution in [2.75, 3.05) is 13.6 Å². The molecule has 1 aliphatic rings. The molecule has 0 aliphatic heterocycles. The minimum Gasteiger partial charge on any atom is -0.439 e. The van der Waals surface area contributed by atoms with E-state index in [0.29, 0.717) is 36.2 Å². The van der Waals surface area contributed by atoms with Gasteiger partial charge in [-0.1, -0.05) is 12.1 Å². The van der Waals surface area contributed by atoms with E-state index in [4.69, 9.17) is 4.42 Å². The highest BCUT2D eigenvalue weighted by Crippen LogP contribution is 2.32. The van der Waals surface area contributed by atoms with Crippen LogP contribution in [0.1, 0.15) is 18.7 Å². The molecule has 5 heteroatoms. The van der Waals surface area contributed by atoms with Crippen molar-refractivity contribution in [1.82, 2.24) is 9.88 Å². The fourth-order valence-electron chi connectivity index (χ4n) is 2.40. The summed E-state index contributed by atoms with van der Waals surface area (Å²) in [5.74, 6) is 1.29. The average molecular weight is 290 g/mol. The summed E-state index contributed by atoms with van der Waals surface area (Å²) in [6.45, 7) is 1.14. The summed E-state index contributed by atoms with van der Waals surface area (Å²) in [6.07, 6.45) is 3.58. The number of rotatable bonds is 6. The third kappa shape index (κ3) is 3.68. The predicted molar refractivity (Wildman–Crippen MR) is 77.0 cm³/mol. The Labute approximate surface area is 123 Å². The van der Waals surface area contributed by atoms with Gasteiger partial charge in [-0.2, -0.15) is 0 Å². The molecule has 2 aromatic rings. The van der Waals surface area contributed by atoms with Gasteiger partial charge in [0.15, 0.2) is 5.76 Å². The first-order chi connectivity index (χ1) is 10.1. The zero-order chi connectivity index (χ0) is 14.8. The van der Waals surface area contributed by atoms with Crippen molar-refractivity contribution >= 4 is 0 Å². The summed E-state index contributed by atoms with van der Waals surface area (Å²) < 4.78 is 18.8. The van der Waals surface area contributed by atoms with E-state index in [2.05, 4.69) is 4.98 Å². The van der Waals surface area contributed by atoms with Crippen LogP contribution in [0.5, 0.6) is 0 Å². The topological polar surface area (TPSA) is 49.5 Å². The first-order valence-corrected chi connectivity index (χ1v) is 7.19. The second-order valence-electron chi connectivity index (χ2n) is 5.73. The lowest BCUT2D eigenvalue weighted by Gasteiger charge is -2.18. The Morgan fingerprint density at radius 2 is 2.29 bits per heavy atom. The molecule has 0 bridgehead atoms. The fourth-order valence-corrected chi connectivity index (χ4v) is 2.40. The van der Waals surface area contributed by atoms with Crippen molar-refractivity contribution in [2.24, 2.45) is 5.92 Å². The molecular formula is C16H19FN2O2. The van der Waals surface area contributed by atoms with Gasteiger partial charge in [-0.3, -0.25) is 4.90 Å². The lowest BCUT2D eigenvalue weighted by Crippen LogP contribution is -2.30. The number of nitrogens with zero attached hydrogens (tertiary/aromatic N) is 2. The molecule has 1 atom stereocenters. The molecule has 21 heavy (non-hydrogen) atoms. The highest BCUT2D eigenvalue weighted by atomic mass is 19.1. The summed E-state index contributed by atoms with van der Waals surface area (Å²) in [6, 6.07) is 6.25. The van der Waals surface area contributed by atoms with Gasteiger partial charge in [-0.25, -0.2) is 9.37 Å². The zero-order valence-corrected chi connectivity index (χ0v) is 12.0. The average Bonchev–Trinajstić information content (AvgIpc) is 3.19. The number of halogens is 1. The van der Waals surface area contributed by atoms with Crippen LogP contribution in [0, 0.1) is 11.7 Å². The Bertz CT molecular complexity index is 610. The summed E-state index contributed by atoms with van der Waals surface area (Å²) in [4.78, 5) is 6.21. The number of aliphatic hydroxyl groups excluding tert-OH is 1. The summed E-state index contributed by atoms with van der Waals surface area (Å²) >= 11 is 0. The van der Waals surface area contributed by atoms with Crippen molar-refractivity contribution < 1.29 is 13.9 Å². The summed E-state index contributed by atoms with van der Waals surface area (Å²) in [5.41, 5.74) is 0.675. The SMILES string of the molecule is CN(Cc1ncc(-c2cccc(F)c2)o1)CC(O)C1CC1. The third-order valence-electron chi connectivity index (χ3n) is 3.73. The first kappa shape index (κ1) is 14.2. The van der Waals surface area contributed by atoms with E-state index in [0.717, 1.165) is 12.8 Å². The Morgan fingerprint density at radius 1 is 1.48 bits per heavy atom. The highest BCUT2D eigenvalue weighted by molar-refractivity contribution is 5.56. The van der Waals surface area contributed by atoms with Crippen LogP contribution in [0.3, 0.4) is 0 Å². The van der Waals surface area contributed by atoms with Gasteiger partial charge in [-0.05, 0) is 37.9 Å². The van der Waals surface area contributed by atoms with E-state index in [1.54, 1.807) is 18.3 Å². The monoisotopic (exact) mass is 290 g/mol. The molecule has 1 unspecified atom stereocenters. The van der Waals surface area contributed by atoms with Gasteiger partial charge in [-0.15, -0.1) is 0 Å².